The second-order valence-electron chi connectivity index (χ2n) is 7.27. The summed E-state index contributed by atoms with van der Waals surface area (Å²) in [5.41, 5.74) is -1.63. The molecule has 2 aromatic rings. The van der Waals surface area contributed by atoms with Gasteiger partial charge < -0.3 is 14.9 Å². The molecule has 0 aliphatic heterocycles. The molecule has 26 heavy (non-hydrogen) atoms. The first-order valence-corrected chi connectivity index (χ1v) is 8.46. The van der Waals surface area contributed by atoms with Gasteiger partial charge in [0, 0.05) is 11.5 Å². The average molecular weight is 360 g/mol. The van der Waals surface area contributed by atoms with Crippen molar-refractivity contribution < 1.29 is 24.1 Å². The van der Waals surface area contributed by atoms with Crippen LogP contribution in [0.3, 0.4) is 0 Å². The van der Waals surface area contributed by atoms with Crippen LogP contribution in [0.25, 0.3) is 0 Å². The van der Waals surface area contributed by atoms with Crippen LogP contribution < -0.4 is 4.74 Å². The van der Waals surface area contributed by atoms with E-state index < -0.39 is 28.7 Å². The van der Waals surface area contributed by atoms with E-state index in [2.05, 4.69) is 0 Å². The highest BCUT2D eigenvalue weighted by Gasteiger charge is 2.47. The summed E-state index contributed by atoms with van der Waals surface area (Å²) in [5.74, 6) is -1.95. The number of aliphatic hydroxyl groups is 1. The first-order valence-electron chi connectivity index (χ1n) is 8.46. The lowest BCUT2D eigenvalue weighted by Crippen LogP contribution is -2.48. The number of halogens is 1. The second-order valence-corrected chi connectivity index (χ2v) is 7.27. The molecule has 0 fully saturated rings. The first kappa shape index (κ1) is 19.9. The van der Waals surface area contributed by atoms with E-state index in [0.717, 1.165) is 5.56 Å². The Morgan fingerprint density at radius 2 is 1.81 bits per heavy atom. The molecule has 0 saturated heterocycles. The molecule has 4 nitrogen and oxygen atoms in total. The minimum absolute atomic E-state index is 0.106. The highest BCUT2D eigenvalue weighted by atomic mass is 19.1. The third kappa shape index (κ3) is 3.88. The number of hydrogen-bond acceptors (Lipinski definition) is 3. The molecule has 0 heterocycles. The maximum atomic E-state index is 13.8. The number of hydrogen-bond donors (Lipinski definition) is 2. The molecule has 0 aromatic heterocycles. The molecule has 0 aliphatic rings. The fourth-order valence-corrected chi connectivity index (χ4v) is 3.41. The third-order valence-corrected chi connectivity index (χ3v) is 4.99. The number of ether oxygens (including phenoxy) is 1. The molecule has 0 radical (unpaired) electrons. The van der Waals surface area contributed by atoms with E-state index in [4.69, 9.17) is 4.74 Å². The lowest BCUT2D eigenvalue weighted by Gasteiger charge is -2.38. The summed E-state index contributed by atoms with van der Waals surface area (Å²) < 4.78 is 19.1. The normalized spacial score (nSPS) is 15.2. The van der Waals surface area contributed by atoms with Crippen LogP contribution in [0.15, 0.2) is 48.5 Å². The van der Waals surface area contributed by atoms with Gasteiger partial charge in [-0.05, 0) is 35.6 Å². The predicted molar refractivity (Wildman–Crippen MR) is 98.0 cm³/mol. The zero-order valence-electron chi connectivity index (χ0n) is 15.5. The molecule has 2 aromatic carbocycles. The van der Waals surface area contributed by atoms with Crippen molar-refractivity contribution in [1.82, 2.24) is 0 Å². The van der Waals surface area contributed by atoms with Crippen LogP contribution in [-0.2, 0) is 10.2 Å². The predicted octanol–water partition coefficient (Wildman–Crippen LogP) is 4.12. The Balaban J connectivity index is 2.46. The Bertz CT molecular complexity index is 773. The molecular formula is C21H25FO4. The van der Waals surface area contributed by atoms with Crippen LogP contribution in [-0.4, -0.2) is 28.9 Å². The van der Waals surface area contributed by atoms with E-state index in [1.165, 1.54) is 25.3 Å². The molecule has 2 rings (SSSR count). The Kier molecular flexibility index (Phi) is 5.71. The number of benzene rings is 2. The lowest BCUT2D eigenvalue weighted by molar-refractivity contribution is -0.163. The average Bonchev–Trinajstić information content (AvgIpc) is 2.61. The maximum absolute atomic E-state index is 13.8. The van der Waals surface area contributed by atoms with Gasteiger partial charge in [0.15, 0.2) is 5.60 Å². The van der Waals surface area contributed by atoms with Crippen molar-refractivity contribution in [1.29, 1.82) is 0 Å². The van der Waals surface area contributed by atoms with Crippen LogP contribution in [0.2, 0.25) is 0 Å². The molecule has 2 atom stereocenters. The van der Waals surface area contributed by atoms with Crippen LogP contribution in [0.5, 0.6) is 5.75 Å². The van der Waals surface area contributed by atoms with Gasteiger partial charge in [-0.1, -0.05) is 51.1 Å². The van der Waals surface area contributed by atoms with Crippen molar-refractivity contribution in [3.63, 3.8) is 0 Å². The van der Waals surface area contributed by atoms with Gasteiger partial charge in [0.25, 0.3) is 0 Å². The van der Waals surface area contributed by atoms with Gasteiger partial charge in [0.05, 0.1) is 7.11 Å². The van der Waals surface area contributed by atoms with E-state index in [1.807, 2.05) is 6.07 Å². The monoisotopic (exact) mass is 360 g/mol. The molecule has 5 heteroatoms. The fraction of sp³-hybridized carbons (Fsp3) is 0.381. The molecule has 0 spiro atoms. The number of rotatable bonds is 7. The summed E-state index contributed by atoms with van der Waals surface area (Å²) in [7, 11) is 1.48. The SMILES string of the molecule is COc1ccc(F)cc1C(C)(C)CC(O)(C(=O)O)C(C)c1ccccc1. The van der Waals surface area contributed by atoms with Crippen molar-refractivity contribution in [3.8, 4) is 5.75 Å². The van der Waals surface area contributed by atoms with E-state index in [1.54, 1.807) is 45.0 Å². The summed E-state index contributed by atoms with van der Waals surface area (Å²) in [6, 6.07) is 13.1. The third-order valence-electron chi connectivity index (χ3n) is 4.99. The molecule has 0 aliphatic carbocycles. The molecule has 2 unspecified atom stereocenters. The zero-order valence-corrected chi connectivity index (χ0v) is 15.5. The molecule has 0 amide bonds. The summed E-state index contributed by atoms with van der Waals surface area (Å²) in [6.45, 7) is 5.23. The van der Waals surface area contributed by atoms with Crippen LogP contribution in [0.1, 0.15) is 44.2 Å². The van der Waals surface area contributed by atoms with Crippen molar-refractivity contribution >= 4 is 5.97 Å². The lowest BCUT2D eigenvalue weighted by atomic mass is 9.69. The van der Waals surface area contributed by atoms with Gasteiger partial charge in [-0.2, -0.15) is 0 Å². The van der Waals surface area contributed by atoms with Crippen LogP contribution >= 0.6 is 0 Å². The summed E-state index contributed by atoms with van der Waals surface area (Å²) in [5, 5.41) is 20.9. The van der Waals surface area contributed by atoms with Crippen molar-refractivity contribution in [2.45, 2.75) is 44.1 Å². The van der Waals surface area contributed by atoms with Crippen molar-refractivity contribution in [2.24, 2.45) is 0 Å². The molecule has 140 valence electrons. The van der Waals surface area contributed by atoms with Gasteiger partial charge in [0.2, 0.25) is 0 Å². The Morgan fingerprint density at radius 3 is 2.35 bits per heavy atom. The Morgan fingerprint density at radius 1 is 1.19 bits per heavy atom. The smallest absolute Gasteiger partial charge is 0.336 e. The summed E-state index contributed by atoms with van der Waals surface area (Å²) in [4.78, 5) is 12.0. The number of aliphatic carboxylic acids is 1. The molecule has 0 saturated carbocycles. The quantitative estimate of drug-likeness (QED) is 0.779. The summed E-state index contributed by atoms with van der Waals surface area (Å²) in [6.07, 6.45) is -0.106. The van der Waals surface area contributed by atoms with Crippen molar-refractivity contribution in [2.75, 3.05) is 7.11 Å². The zero-order chi connectivity index (χ0) is 19.5. The number of methoxy groups -OCH3 is 1. The standard InChI is InChI=1S/C21H25FO4/c1-14(15-8-6-5-7-9-15)21(25,19(23)24)13-20(2,3)17-12-16(22)10-11-18(17)26-4/h5-12,14,25H,13H2,1-4H3,(H,23,24). The van der Waals surface area contributed by atoms with Crippen LogP contribution in [0, 0.1) is 5.82 Å². The number of carboxylic acid groups (broad SMARTS) is 1. The molecular weight excluding hydrogens is 335 g/mol. The van der Waals surface area contributed by atoms with E-state index in [0.29, 0.717) is 11.3 Å². The van der Waals surface area contributed by atoms with Gasteiger partial charge in [-0.15, -0.1) is 0 Å². The first-order chi connectivity index (χ1) is 12.1. The van der Waals surface area contributed by atoms with E-state index >= 15 is 0 Å². The van der Waals surface area contributed by atoms with E-state index in [9.17, 15) is 19.4 Å². The van der Waals surface area contributed by atoms with Gasteiger partial charge in [0.1, 0.15) is 11.6 Å². The van der Waals surface area contributed by atoms with Crippen molar-refractivity contribution in [3.05, 3.63) is 65.5 Å². The maximum Gasteiger partial charge on any atom is 0.336 e. The Hall–Kier alpha value is -2.40. The second kappa shape index (κ2) is 7.46. The van der Waals surface area contributed by atoms with Crippen LogP contribution in [0.4, 0.5) is 4.39 Å². The topological polar surface area (TPSA) is 66.8 Å². The fourth-order valence-electron chi connectivity index (χ4n) is 3.41. The largest absolute Gasteiger partial charge is 0.496 e. The van der Waals surface area contributed by atoms with Gasteiger partial charge in [-0.25, -0.2) is 9.18 Å². The molecule has 2 N–H and O–H groups in total. The number of carboxylic acids is 1. The molecule has 0 bridgehead atoms. The summed E-state index contributed by atoms with van der Waals surface area (Å²) >= 11 is 0. The van der Waals surface area contributed by atoms with E-state index in [-0.39, 0.29) is 6.42 Å². The van der Waals surface area contributed by atoms with Gasteiger partial charge >= 0.3 is 5.97 Å². The Labute approximate surface area is 153 Å². The minimum atomic E-state index is -2.03. The highest BCUT2D eigenvalue weighted by molar-refractivity contribution is 5.79. The van der Waals surface area contributed by atoms with Gasteiger partial charge in [-0.3, -0.25) is 0 Å². The number of carbonyl (C=O) groups is 1. The minimum Gasteiger partial charge on any atom is -0.496 e. The highest BCUT2D eigenvalue weighted by Crippen LogP contribution is 2.42.